The third-order valence-electron chi connectivity index (χ3n) is 1.38. The van der Waals surface area contributed by atoms with Crippen LogP contribution in [0.15, 0.2) is 30.3 Å². The summed E-state index contributed by atoms with van der Waals surface area (Å²) in [5.74, 6) is 0.931. The Bertz CT molecular complexity index is 206. The van der Waals surface area contributed by atoms with Crippen LogP contribution in [0.25, 0.3) is 0 Å². The third kappa shape index (κ3) is 1.28. The maximum atomic E-state index is 5.36. The Morgan fingerprint density at radius 2 is 1.80 bits per heavy atom. The first-order chi connectivity index (χ1) is 4.95. The highest BCUT2D eigenvalue weighted by Crippen LogP contribution is 2.13. The fourth-order valence-electron chi connectivity index (χ4n) is 0.763. The molecular weight excluding hydrogens is 126 g/mol. The second-order valence-electron chi connectivity index (χ2n) is 2.33. The van der Waals surface area contributed by atoms with Gasteiger partial charge in [0.2, 0.25) is 0 Å². The number of hydrogen-bond donors (Lipinski definition) is 0. The lowest BCUT2D eigenvalue weighted by molar-refractivity contribution is 0.0693. The van der Waals surface area contributed by atoms with Crippen LogP contribution < -0.4 is 4.84 Å². The van der Waals surface area contributed by atoms with Crippen LogP contribution >= 0.6 is 0 Å². The van der Waals surface area contributed by atoms with Gasteiger partial charge in [-0.2, -0.15) is 0 Å². The summed E-state index contributed by atoms with van der Waals surface area (Å²) in [7, 11) is 0. The van der Waals surface area contributed by atoms with Gasteiger partial charge < -0.3 is 4.84 Å². The van der Waals surface area contributed by atoms with Gasteiger partial charge in [0.05, 0.1) is 13.1 Å². The summed E-state index contributed by atoms with van der Waals surface area (Å²) in [6, 6.07) is 9.84. The van der Waals surface area contributed by atoms with Crippen molar-refractivity contribution in [1.82, 2.24) is 5.06 Å². The normalized spacial score (nSPS) is 16.8. The van der Waals surface area contributed by atoms with Crippen molar-refractivity contribution in [3.05, 3.63) is 30.3 Å². The molecule has 1 aliphatic heterocycles. The zero-order valence-corrected chi connectivity index (χ0v) is 5.66. The van der Waals surface area contributed by atoms with Crippen LogP contribution in [0.1, 0.15) is 0 Å². The van der Waals surface area contributed by atoms with Crippen LogP contribution in [-0.4, -0.2) is 18.2 Å². The summed E-state index contributed by atoms with van der Waals surface area (Å²) in [6.07, 6.45) is 0. The van der Waals surface area contributed by atoms with Gasteiger partial charge in [-0.05, 0) is 12.1 Å². The van der Waals surface area contributed by atoms with E-state index < -0.39 is 0 Å². The lowest BCUT2D eigenvalue weighted by Crippen LogP contribution is -2.01. The van der Waals surface area contributed by atoms with Crippen molar-refractivity contribution in [2.24, 2.45) is 0 Å². The predicted octanol–water partition coefficient (Wildman–Crippen LogP) is 1.30. The Hall–Kier alpha value is -1.02. The molecule has 1 aromatic rings. The highest BCUT2D eigenvalue weighted by molar-refractivity contribution is 5.20. The van der Waals surface area contributed by atoms with Gasteiger partial charge in [0.1, 0.15) is 5.75 Å². The van der Waals surface area contributed by atoms with Gasteiger partial charge in [-0.1, -0.05) is 18.2 Å². The van der Waals surface area contributed by atoms with E-state index in [4.69, 9.17) is 4.84 Å². The molecule has 0 aromatic heterocycles. The Morgan fingerprint density at radius 1 is 1.10 bits per heavy atom. The maximum absolute atomic E-state index is 5.36. The second kappa shape index (κ2) is 2.31. The van der Waals surface area contributed by atoms with E-state index in [1.807, 2.05) is 35.4 Å². The van der Waals surface area contributed by atoms with Gasteiger partial charge in [-0.3, -0.25) is 0 Å². The number of hydrogen-bond acceptors (Lipinski definition) is 2. The van der Waals surface area contributed by atoms with Crippen LogP contribution in [0.2, 0.25) is 0 Å². The SMILES string of the molecule is c1ccc(ON2CC2)cc1. The minimum Gasteiger partial charge on any atom is -0.406 e. The van der Waals surface area contributed by atoms with E-state index in [0.717, 1.165) is 18.8 Å². The van der Waals surface area contributed by atoms with Crippen molar-refractivity contribution in [2.45, 2.75) is 0 Å². The summed E-state index contributed by atoms with van der Waals surface area (Å²) in [5.41, 5.74) is 0. The average Bonchev–Trinajstić information content (AvgIpc) is 2.74. The van der Waals surface area contributed by atoms with E-state index in [2.05, 4.69) is 0 Å². The number of hydroxylamine groups is 2. The van der Waals surface area contributed by atoms with Gasteiger partial charge in [0.25, 0.3) is 0 Å². The quantitative estimate of drug-likeness (QED) is 0.566. The van der Waals surface area contributed by atoms with E-state index in [-0.39, 0.29) is 0 Å². The van der Waals surface area contributed by atoms with Crippen LogP contribution in [0.3, 0.4) is 0 Å². The Labute approximate surface area is 60.0 Å². The standard InChI is InChI=1S/C8H9NO/c1-2-4-8(5-3-1)10-9-6-7-9/h1-5H,6-7H2. The first kappa shape index (κ1) is 5.74. The molecular formula is C8H9NO. The molecule has 0 spiro atoms. The number of nitrogens with zero attached hydrogens (tertiary/aromatic N) is 1. The molecule has 0 N–H and O–H groups in total. The van der Waals surface area contributed by atoms with Gasteiger partial charge in [0, 0.05) is 0 Å². The van der Waals surface area contributed by atoms with E-state index >= 15 is 0 Å². The lowest BCUT2D eigenvalue weighted by atomic mass is 10.3. The molecule has 0 amide bonds. The average molecular weight is 135 g/mol. The first-order valence-corrected chi connectivity index (χ1v) is 3.43. The summed E-state index contributed by atoms with van der Waals surface area (Å²) in [5, 5.41) is 1.91. The van der Waals surface area contributed by atoms with E-state index in [9.17, 15) is 0 Å². The van der Waals surface area contributed by atoms with Crippen LogP contribution in [0.4, 0.5) is 0 Å². The molecule has 0 aliphatic carbocycles. The van der Waals surface area contributed by atoms with Crippen molar-refractivity contribution >= 4 is 0 Å². The third-order valence-corrected chi connectivity index (χ3v) is 1.38. The van der Waals surface area contributed by atoms with Gasteiger partial charge in [-0.15, -0.1) is 5.06 Å². The van der Waals surface area contributed by atoms with Crippen molar-refractivity contribution in [2.75, 3.05) is 13.1 Å². The summed E-state index contributed by atoms with van der Waals surface area (Å²) >= 11 is 0. The number of benzene rings is 1. The first-order valence-electron chi connectivity index (χ1n) is 3.43. The molecule has 2 heteroatoms. The van der Waals surface area contributed by atoms with Crippen molar-refractivity contribution < 1.29 is 4.84 Å². The number of para-hydroxylation sites is 1. The van der Waals surface area contributed by atoms with Crippen LogP contribution in [0.5, 0.6) is 5.75 Å². The van der Waals surface area contributed by atoms with Gasteiger partial charge >= 0.3 is 0 Å². The molecule has 0 bridgehead atoms. The molecule has 1 saturated heterocycles. The van der Waals surface area contributed by atoms with Crippen molar-refractivity contribution in [3.8, 4) is 5.75 Å². The van der Waals surface area contributed by atoms with E-state index in [1.54, 1.807) is 0 Å². The Morgan fingerprint density at radius 3 is 2.40 bits per heavy atom. The highest BCUT2D eigenvalue weighted by atomic mass is 16.7. The summed E-state index contributed by atoms with van der Waals surface area (Å²) in [4.78, 5) is 5.36. The minimum atomic E-state index is 0.931. The van der Waals surface area contributed by atoms with Crippen LogP contribution in [-0.2, 0) is 0 Å². The summed E-state index contributed by atoms with van der Waals surface area (Å²) < 4.78 is 0. The van der Waals surface area contributed by atoms with E-state index in [0.29, 0.717) is 0 Å². The Balaban J connectivity index is 2.03. The minimum absolute atomic E-state index is 0.931. The second-order valence-corrected chi connectivity index (χ2v) is 2.33. The zero-order chi connectivity index (χ0) is 6.81. The fourth-order valence-corrected chi connectivity index (χ4v) is 0.763. The van der Waals surface area contributed by atoms with Crippen molar-refractivity contribution in [1.29, 1.82) is 0 Å². The van der Waals surface area contributed by atoms with Gasteiger partial charge in [-0.25, -0.2) is 0 Å². The molecule has 10 heavy (non-hydrogen) atoms. The Kier molecular flexibility index (Phi) is 1.32. The zero-order valence-electron chi connectivity index (χ0n) is 5.66. The maximum Gasteiger partial charge on any atom is 0.147 e. The molecule has 0 saturated carbocycles. The molecule has 0 radical (unpaired) electrons. The molecule has 0 unspecified atom stereocenters. The van der Waals surface area contributed by atoms with Gasteiger partial charge in [0.15, 0.2) is 0 Å². The molecule has 1 aliphatic rings. The van der Waals surface area contributed by atoms with Crippen LogP contribution in [0, 0.1) is 0 Å². The molecule has 2 rings (SSSR count). The number of rotatable bonds is 2. The summed E-state index contributed by atoms with van der Waals surface area (Å²) in [6.45, 7) is 2.13. The van der Waals surface area contributed by atoms with Crippen molar-refractivity contribution in [3.63, 3.8) is 0 Å². The fraction of sp³-hybridized carbons (Fsp3) is 0.250. The molecule has 0 atom stereocenters. The van der Waals surface area contributed by atoms with E-state index in [1.165, 1.54) is 0 Å². The predicted molar refractivity (Wildman–Crippen MR) is 38.6 cm³/mol. The molecule has 1 aromatic carbocycles. The molecule has 1 fully saturated rings. The molecule has 1 heterocycles. The smallest absolute Gasteiger partial charge is 0.147 e. The molecule has 52 valence electrons. The topological polar surface area (TPSA) is 12.2 Å². The molecule has 2 nitrogen and oxygen atoms in total. The largest absolute Gasteiger partial charge is 0.406 e. The highest BCUT2D eigenvalue weighted by Gasteiger charge is 2.18. The monoisotopic (exact) mass is 135 g/mol. The lowest BCUT2D eigenvalue weighted by Gasteiger charge is -2.02.